The Morgan fingerprint density at radius 2 is 1.67 bits per heavy atom. The Balaban J connectivity index is 1.19. The van der Waals surface area contributed by atoms with E-state index in [1.54, 1.807) is 27.7 Å². The number of hydrogen-bond donors (Lipinski definition) is 0. The second-order valence-corrected chi connectivity index (χ2v) is 11.2. The van der Waals surface area contributed by atoms with Gasteiger partial charge in [-0.15, -0.1) is 22.7 Å². The fourth-order valence-electron chi connectivity index (χ4n) is 5.19. The number of piperidine rings is 1. The van der Waals surface area contributed by atoms with Crippen LogP contribution in [0.3, 0.4) is 0 Å². The molecular formula is C25H32N4O2S2. The lowest BCUT2D eigenvalue weighted by Crippen LogP contribution is -2.45. The molecule has 3 aliphatic heterocycles. The fraction of sp³-hybridized carbons (Fsp3) is 0.560. The smallest absolute Gasteiger partial charge is 0.257 e. The lowest BCUT2D eigenvalue weighted by atomic mass is 9.95. The fourth-order valence-corrected chi connectivity index (χ4v) is 6.72. The maximum Gasteiger partial charge on any atom is 0.257 e. The highest BCUT2D eigenvalue weighted by Crippen LogP contribution is 2.36. The molecule has 176 valence electrons. The zero-order valence-electron chi connectivity index (χ0n) is 19.0. The quantitative estimate of drug-likeness (QED) is 0.623. The van der Waals surface area contributed by atoms with Gasteiger partial charge in [0.05, 0.1) is 23.2 Å². The number of likely N-dealkylation sites (tertiary alicyclic amines) is 2. The van der Waals surface area contributed by atoms with Crippen molar-refractivity contribution in [2.24, 2.45) is 11.0 Å². The third-order valence-corrected chi connectivity index (χ3v) is 8.95. The van der Waals surface area contributed by atoms with Crippen LogP contribution in [0.4, 0.5) is 0 Å². The van der Waals surface area contributed by atoms with Gasteiger partial charge in [0.15, 0.2) is 0 Å². The number of carbonyl (C=O) groups excluding carboxylic acids is 2. The van der Waals surface area contributed by atoms with Gasteiger partial charge in [0.2, 0.25) is 5.91 Å². The topological polar surface area (TPSA) is 56.2 Å². The average molecular weight is 485 g/mol. The van der Waals surface area contributed by atoms with E-state index in [0.717, 1.165) is 68.9 Å². The summed E-state index contributed by atoms with van der Waals surface area (Å²) < 4.78 is 0. The summed E-state index contributed by atoms with van der Waals surface area (Å²) >= 11 is 3.36. The molecule has 0 bridgehead atoms. The first-order chi connectivity index (χ1) is 16.2. The number of nitrogens with zero attached hydrogens (tertiary/aromatic N) is 4. The summed E-state index contributed by atoms with van der Waals surface area (Å²) in [6.07, 6.45) is 7.21. The van der Waals surface area contributed by atoms with E-state index >= 15 is 0 Å². The molecular weight excluding hydrogens is 452 g/mol. The summed E-state index contributed by atoms with van der Waals surface area (Å²) in [5.74, 6) is 0.506. The van der Waals surface area contributed by atoms with E-state index < -0.39 is 0 Å². The van der Waals surface area contributed by atoms with E-state index in [9.17, 15) is 9.59 Å². The molecule has 0 saturated carbocycles. The van der Waals surface area contributed by atoms with Crippen molar-refractivity contribution >= 4 is 40.2 Å². The molecule has 0 radical (unpaired) electrons. The summed E-state index contributed by atoms with van der Waals surface area (Å²) in [4.78, 5) is 32.9. The Hall–Kier alpha value is -2.03. The van der Waals surface area contributed by atoms with Crippen LogP contribution in [0.25, 0.3) is 0 Å². The molecule has 2 aromatic rings. The van der Waals surface area contributed by atoms with Crippen molar-refractivity contribution in [3.05, 3.63) is 44.8 Å². The van der Waals surface area contributed by atoms with E-state index in [1.807, 2.05) is 12.1 Å². The van der Waals surface area contributed by atoms with E-state index in [-0.39, 0.29) is 17.9 Å². The highest BCUT2D eigenvalue weighted by molar-refractivity contribution is 7.12. The van der Waals surface area contributed by atoms with Crippen LogP contribution >= 0.6 is 22.7 Å². The second-order valence-electron chi connectivity index (χ2n) is 9.29. The Kier molecular flexibility index (Phi) is 7.23. The number of carbonyl (C=O) groups is 2. The minimum Gasteiger partial charge on any atom is -0.342 e. The van der Waals surface area contributed by atoms with Gasteiger partial charge in [0.25, 0.3) is 5.91 Å². The maximum atomic E-state index is 13.3. The highest BCUT2D eigenvalue weighted by Gasteiger charge is 2.36. The zero-order chi connectivity index (χ0) is 22.6. The second kappa shape index (κ2) is 10.5. The van der Waals surface area contributed by atoms with Gasteiger partial charge in [-0.05, 0) is 61.7 Å². The van der Waals surface area contributed by atoms with Crippen molar-refractivity contribution < 1.29 is 9.59 Å². The Morgan fingerprint density at radius 3 is 2.33 bits per heavy atom. The van der Waals surface area contributed by atoms with Gasteiger partial charge in [-0.25, -0.2) is 5.01 Å². The van der Waals surface area contributed by atoms with Crippen LogP contribution in [0.2, 0.25) is 0 Å². The normalized spacial score (nSPS) is 22.9. The SMILES string of the molecule is O=C(C1CCN(CC(=O)N2N=C(c3cccs3)CC2c2cccs2)CC1)N1CCCCCC1. The Labute approximate surface area is 203 Å². The van der Waals surface area contributed by atoms with Gasteiger partial charge in [0.1, 0.15) is 0 Å². The average Bonchev–Trinajstić information content (AvgIpc) is 3.58. The molecule has 5 rings (SSSR count). The minimum absolute atomic E-state index is 0.0169. The number of hydrazone groups is 1. The van der Waals surface area contributed by atoms with Crippen LogP contribution < -0.4 is 0 Å². The lowest BCUT2D eigenvalue weighted by molar-refractivity contribution is -0.137. The highest BCUT2D eigenvalue weighted by atomic mass is 32.1. The molecule has 2 aromatic heterocycles. The van der Waals surface area contributed by atoms with Gasteiger partial charge in [-0.1, -0.05) is 25.0 Å². The number of hydrogen-bond acceptors (Lipinski definition) is 6. The summed E-state index contributed by atoms with van der Waals surface area (Å²) in [5, 5.41) is 10.6. The first-order valence-corrected chi connectivity index (χ1v) is 13.9. The molecule has 2 fully saturated rings. The van der Waals surface area contributed by atoms with Crippen molar-refractivity contribution in [2.75, 3.05) is 32.7 Å². The van der Waals surface area contributed by atoms with Gasteiger partial charge < -0.3 is 4.90 Å². The molecule has 6 nitrogen and oxygen atoms in total. The van der Waals surface area contributed by atoms with E-state index in [0.29, 0.717) is 12.5 Å². The summed E-state index contributed by atoms with van der Waals surface area (Å²) in [5.41, 5.74) is 0.999. The number of thiophene rings is 2. The third kappa shape index (κ3) is 5.23. The summed E-state index contributed by atoms with van der Waals surface area (Å²) in [7, 11) is 0. The van der Waals surface area contributed by atoms with Crippen LogP contribution in [0.15, 0.2) is 40.1 Å². The number of rotatable bonds is 5. The Morgan fingerprint density at radius 1 is 0.939 bits per heavy atom. The minimum atomic E-state index is -0.0169. The molecule has 5 heterocycles. The first-order valence-electron chi connectivity index (χ1n) is 12.2. The van der Waals surface area contributed by atoms with Crippen molar-refractivity contribution in [1.82, 2.24) is 14.8 Å². The zero-order valence-corrected chi connectivity index (χ0v) is 20.7. The summed E-state index contributed by atoms with van der Waals surface area (Å²) in [6.45, 7) is 3.81. The predicted octanol–water partition coefficient (Wildman–Crippen LogP) is 4.60. The Bertz CT molecular complexity index is 957. The van der Waals surface area contributed by atoms with E-state index in [2.05, 4.69) is 32.7 Å². The third-order valence-electron chi connectivity index (χ3n) is 7.06. The van der Waals surface area contributed by atoms with Crippen LogP contribution in [0.1, 0.15) is 60.7 Å². The molecule has 1 atom stereocenters. The largest absolute Gasteiger partial charge is 0.342 e. The lowest BCUT2D eigenvalue weighted by Gasteiger charge is -2.34. The molecule has 3 aliphatic rings. The number of amides is 2. The van der Waals surface area contributed by atoms with Crippen molar-refractivity contribution in [1.29, 1.82) is 0 Å². The molecule has 0 aliphatic carbocycles. The molecule has 8 heteroatoms. The van der Waals surface area contributed by atoms with Crippen LogP contribution in [-0.4, -0.2) is 65.1 Å². The monoisotopic (exact) mass is 484 g/mol. The van der Waals surface area contributed by atoms with Gasteiger partial charge in [0, 0.05) is 30.3 Å². The summed E-state index contributed by atoms with van der Waals surface area (Å²) in [6, 6.07) is 8.23. The molecule has 33 heavy (non-hydrogen) atoms. The van der Waals surface area contributed by atoms with Gasteiger partial charge in [-0.2, -0.15) is 5.10 Å². The van der Waals surface area contributed by atoms with Crippen LogP contribution in [0.5, 0.6) is 0 Å². The maximum absolute atomic E-state index is 13.3. The molecule has 0 aromatic carbocycles. The van der Waals surface area contributed by atoms with Gasteiger partial charge >= 0.3 is 0 Å². The first kappa shape index (κ1) is 22.7. The molecule has 2 saturated heterocycles. The molecule has 1 unspecified atom stereocenters. The standard InChI is InChI=1S/C25H32N4O2S2/c30-24(18-27-13-9-19(10-14-27)25(31)28-11-3-1-2-4-12-28)29-21(23-8-6-16-33-23)17-20(26-29)22-7-5-15-32-22/h5-8,15-16,19,21H,1-4,9-14,17-18H2. The molecule has 0 N–H and O–H groups in total. The van der Waals surface area contributed by atoms with Crippen molar-refractivity contribution in [3.8, 4) is 0 Å². The van der Waals surface area contributed by atoms with Crippen LogP contribution in [0, 0.1) is 5.92 Å². The van der Waals surface area contributed by atoms with E-state index in [4.69, 9.17) is 5.10 Å². The molecule has 0 spiro atoms. The van der Waals surface area contributed by atoms with Gasteiger partial charge in [-0.3, -0.25) is 14.5 Å². The van der Waals surface area contributed by atoms with Crippen LogP contribution in [-0.2, 0) is 9.59 Å². The van der Waals surface area contributed by atoms with Crippen molar-refractivity contribution in [3.63, 3.8) is 0 Å². The molecule has 2 amide bonds. The van der Waals surface area contributed by atoms with Crippen molar-refractivity contribution in [2.45, 2.75) is 51.0 Å². The van der Waals surface area contributed by atoms with E-state index in [1.165, 1.54) is 17.7 Å². The predicted molar refractivity (Wildman–Crippen MR) is 134 cm³/mol.